The Morgan fingerprint density at radius 2 is 1.88 bits per heavy atom. The van der Waals surface area contributed by atoms with Crippen LogP contribution in [0.2, 0.25) is 0 Å². The van der Waals surface area contributed by atoms with Gasteiger partial charge in [-0.15, -0.1) is 6.42 Å². The Kier molecular flexibility index (Phi) is 5.63. The molecule has 0 bridgehead atoms. The fourth-order valence-electron chi connectivity index (χ4n) is 3.51. The first-order chi connectivity index (χ1) is 15.4. The van der Waals surface area contributed by atoms with Crippen LogP contribution < -0.4 is 9.64 Å². The molecule has 3 aromatic carbocycles. The maximum atomic E-state index is 13.1. The lowest BCUT2D eigenvalue weighted by Crippen LogP contribution is -2.29. The van der Waals surface area contributed by atoms with Gasteiger partial charge in [-0.1, -0.05) is 18.1 Å². The SMILES string of the molecule is C#CCOc1cccc2cc(N3C(=O)c4ccc(C(=O)OCC(C)O)cc4C3=O)ccc12. The summed E-state index contributed by atoms with van der Waals surface area (Å²) in [4.78, 5) is 39.3. The summed E-state index contributed by atoms with van der Waals surface area (Å²) >= 11 is 0. The van der Waals surface area contributed by atoms with Gasteiger partial charge in [0.2, 0.25) is 0 Å². The highest BCUT2D eigenvalue weighted by Gasteiger charge is 2.37. The molecule has 1 N–H and O–H groups in total. The highest BCUT2D eigenvalue weighted by Crippen LogP contribution is 2.33. The number of rotatable bonds is 6. The molecule has 7 heteroatoms. The Labute approximate surface area is 184 Å². The summed E-state index contributed by atoms with van der Waals surface area (Å²) in [6, 6.07) is 14.8. The van der Waals surface area contributed by atoms with E-state index >= 15 is 0 Å². The number of anilines is 1. The largest absolute Gasteiger partial charge is 0.480 e. The normalized spacial score (nSPS) is 13.6. The van der Waals surface area contributed by atoms with E-state index in [0.717, 1.165) is 15.7 Å². The van der Waals surface area contributed by atoms with Crippen LogP contribution in [-0.4, -0.2) is 42.2 Å². The molecule has 160 valence electrons. The number of carbonyl (C=O) groups excluding carboxylic acids is 3. The average molecular weight is 429 g/mol. The van der Waals surface area contributed by atoms with Crippen molar-refractivity contribution in [3.63, 3.8) is 0 Å². The Balaban J connectivity index is 1.65. The van der Waals surface area contributed by atoms with E-state index in [2.05, 4.69) is 5.92 Å². The van der Waals surface area contributed by atoms with E-state index in [-0.39, 0.29) is 29.9 Å². The second kappa shape index (κ2) is 8.53. The Morgan fingerprint density at radius 1 is 1.09 bits per heavy atom. The predicted molar refractivity (Wildman–Crippen MR) is 118 cm³/mol. The van der Waals surface area contributed by atoms with E-state index in [1.807, 2.05) is 6.07 Å². The average Bonchev–Trinajstić information content (AvgIpc) is 3.05. The third-order valence-electron chi connectivity index (χ3n) is 4.97. The van der Waals surface area contributed by atoms with Crippen molar-refractivity contribution in [2.45, 2.75) is 13.0 Å². The molecule has 0 saturated heterocycles. The number of hydrogen-bond donors (Lipinski definition) is 1. The first kappa shape index (κ1) is 21.1. The van der Waals surface area contributed by atoms with Crippen LogP contribution in [0.4, 0.5) is 5.69 Å². The van der Waals surface area contributed by atoms with Gasteiger partial charge in [-0.3, -0.25) is 9.59 Å². The highest BCUT2D eigenvalue weighted by molar-refractivity contribution is 6.35. The highest BCUT2D eigenvalue weighted by atomic mass is 16.5. The number of aliphatic hydroxyl groups is 1. The minimum absolute atomic E-state index is 0.118. The van der Waals surface area contributed by atoms with Crippen LogP contribution in [0.5, 0.6) is 5.75 Å². The summed E-state index contributed by atoms with van der Waals surface area (Å²) in [5.74, 6) is 1.33. The number of benzene rings is 3. The molecule has 0 aromatic heterocycles. The maximum absolute atomic E-state index is 13.1. The first-order valence-electron chi connectivity index (χ1n) is 9.87. The Morgan fingerprint density at radius 3 is 2.62 bits per heavy atom. The monoisotopic (exact) mass is 429 g/mol. The summed E-state index contributed by atoms with van der Waals surface area (Å²) in [5, 5.41) is 10.8. The van der Waals surface area contributed by atoms with Gasteiger partial charge in [-0.25, -0.2) is 9.69 Å². The van der Waals surface area contributed by atoms with Crippen molar-refractivity contribution in [3.05, 3.63) is 71.3 Å². The van der Waals surface area contributed by atoms with Crippen LogP contribution in [0.25, 0.3) is 10.8 Å². The topological polar surface area (TPSA) is 93.1 Å². The van der Waals surface area contributed by atoms with Crippen molar-refractivity contribution in [3.8, 4) is 18.1 Å². The van der Waals surface area contributed by atoms with Crippen LogP contribution >= 0.6 is 0 Å². The van der Waals surface area contributed by atoms with Gasteiger partial charge in [0.15, 0.2) is 0 Å². The molecule has 0 spiro atoms. The number of hydrogen-bond acceptors (Lipinski definition) is 6. The number of ether oxygens (including phenoxy) is 2. The van der Waals surface area contributed by atoms with E-state index in [1.54, 1.807) is 30.3 Å². The number of carbonyl (C=O) groups is 3. The van der Waals surface area contributed by atoms with E-state index in [4.69, 9.17) is 15.9 Å². The van der Waals surface area contributed by atoms with Crippen LogP contribution in [0.3, 0.4) is 0 Å². The van der Waals surface area contributed by atoms with E-state index in [9.17, 15) is 19.5 Å². The molecule has 32 heavy (non-hydrogen) atoms. The zero-order valence-corrected chi connectivity index (χ0v) is 17.2. The van der Waals surface area contributed by atoms with Crippen molar-refractivity contribution in [2.75, 3.05) is 18.1 Å². The molecule has 0 fully saturated rings. The Bertz CT molecular complexity index is 1290. The summed E-state index contributed by atoms with van der Waals surface area (Å²) in [6.45, 7) is 1.45. The van der Waals surface area contributed by atoms with Gasteiger partial charge in [-0.2, -0.15) is 0 Å². The van der Waals surface area contributed by atoms with Gasteiger partial charge in [0, 0.05) is 5.39 Å². The standard InChI is InChI=1S/C25H19NO6/c1-3-11-31-22-6-4-5-16-12-18(8-10-19(16)22)26-23(28)20-9-7-17(13-21(20)24(26)29)25(30)32-14-15(2)27/h1,4-10,12-13,15,27H,11,14H2,2H3. The number of terminal acetylenes is 1. The molecule has 1 unspecified atom stereocenters. The van der Waals surface area contributed by atoms with Gasteiger partial charge in [0.1, 0.15) is 19.0 Å². The third-order valence-corrected chi connectivity index (χ3v) is 4.97. The molecular formula is C25H19NO6. The number of aliphatic hydroxyl groups excluding tert-OH is 1. The van der Waals surface area contributed by atoms with Crippen molar-refractivity contribution in [1.29, 1.82) is 0 Å². The van der Waals surface area contributed by atoms with Crippen molar-refractivity contribution < 1.29 is 29.0 Å². The van der Waals surface area contributed by atoms with Gasteiger partial charge in [-0.05, 0) is 54.8 Å². The van der Waals surface area contributed by atoms with Crippen LogP contribution in [0, 0.1) is 12.3 Å². The molecular weight excluding hydrogens is 410 g/mol. The molecule has 1 heterocycles. The van der Waals surface area contributed by atoms with Gasteiger partial charge < -0.3 is 14.6 Å². The number of nitrogens with zero attached hydrogens (tertiary/aromatic N) is 1. The number of fused-ring (bicyclic) bond motifs is 2. The van der Waals surface area contributed by atoms with Gasteiger partial charge >= 0.3 is 5.97 Å². The lowest BCUT2D eigenvalue weighted by Gasteiger charge is -2.15. The van der Waals surface area contributed by atoms with Gasteiger partial charge in [0.25, 0.3) is 11.8 Å². The number of imide groups is 1. The third kappa shape index (κ3) is 3.80. The molecule has 1 aliphatic rings. The number of esters is 1. The second-order valence-electron chi connectivity index (χ2n) is 7.31. The van der Waals surface area contributed by atoms with Crippen molar-refractivity contribution >= 4 is 34.2 Å². The Hall–Kier alpha value is -4.15. The van der Waals surface area contributed by atoms with Gasteiger partial charge in [0.05, 0.1) is 28.5 Å². The van der Waals surface area contributed by atoms with E-state index in [1.165, 1.54) is 25.1 Å². The zero-order valence-electron chi connectivity index (χ0n) is 17.2. The predicted octanol–water partition coefficient (Wildman–Crippen LogP) is 3.19. The molecule has 0 saturated carbocycles. The lowest BCUT2D eigenvalue weighted by molar-refractivity contribution is 0.0296. The molecule has 1 atom stereocenters. The fourth-order valence-corrected chi connectivity index (χ4v) is 3.51. The second-order valence-corrected chi connectivity index (χ2v) is 7.31. The minimum atomic E-state index is -0.808. The van der Waals surface area contributed by atoms with E-state index in [0.29, 0.717) is 11.4 Å². The molecule has 3 aromatic rings. The number of amides is 2. The van der Waals surface area contributed by atoms with Crippen molar-refractivity contribution in [2.24, 2.45) is 0 Å². The van der Waals surface area contributed by atoms with Crippen LogP contribution in [0.15, 0.2) is 54.6 Å². The summed E-state index contributed by atoms with van der Waals surface area (Å²) in [7, 11) is 0. The molecule has 1 aliphatic heterocycles. The zero-order chi connectivity index (χ0) is 22.8. The molecule has 2 amide bonds. The van der Waals surface area contributed by atoms with Crippen LogP contribution in [-0.2, 0) is 4.74 Å². The smallest absolute Gasteiger partial charge is 0.338 e. The summed E-state index contributed by atoms with van der Waals surface area (Å²) in [6.07, 6.45) is 4.45. The quantitative estimate of drug-likeness (QED) is 0.368. The lowest BCUT2D eigenvalue weighted by atomic mass is 10.1. The fraction of sp³-hybridized carbons (Fsp3) is 0.160. The molecule has 4 rings (SSSR count). The van der Waals surface area contributed by atoms with E-state index < -0.39 is 23.9 Å². The molecule has 7 nitrogen and oxygen atoms in total. The van der Waals surface area contributed by atoms with Crippen molar-refractivity contribution in [1.82, 2.24) is 0 Å². The molecule has 0 radical (unpaired) electrons. The van der Waals surface area contributed by atoms with Crippen LogP contribution in [0.1, 0.15) is 38.0 Å². The summed E-state index contributed by atoms with van der Waals surface area (Å²) < 4.78 is 10.5. The first-order valence-corrected chi connectivity index (χ1v) is 9.87. The maximum Gasteiger partial charge on any atom is 0.338 e. The molecule has 0 aliphatic carbocycles. The minimum Gasteiger partial charge on any atom is -0.480 e. The summed E-state index contributed by atoms with van der Waals surface area (Å²) in [5.41, 5.74) is 0.846.